The monoisotopic (exact) mass is 242 g/mol. The number of unbranched alkanes of at least 4 members (excludes halogenated alkanes) is 1. The van der Waals surface area contributed by atoms with Crippen molar-refractivity contribution in [1.82, 2.24) is 10.1 Å². The van der Waals surface area contributed by atoms with Crippen LogP contribution in [0.5, 0.6) is 0 Å². The lowest BCUT2D eigenvalue weighted by Crippen LogP contribution is -2.09. The summed E-state index contributed by atoms with van der Waals surface area (Å²) in [4.78, 5) is 14.5. The van der Waals surface area contributed by atoms with Gasteiger partial charge in [-0.3, -0.25) is 4.79 Å². The largest absolute Gasteiger partial charge is 0.481 e. The number of nitrogens with zero attached hydrogens (tertiary/aromatic N) is 2. The fraction of sp³-hybridized carbons (Fsp3) is 0.727. The zero-order valence-electron chi connectivity index (χ0n) is 10.2. The van der Waals surface area contributed by atoms with Gasteiger partial charge in [0.05, 0.1) is 6.10 Å². The normalized spacial score (nSPS) is 12.6. The van der Waals surface area contributed by atoms with Crippen LogP contribution in [0, 0.1) is 0 Å². The highest BCUT2D eigenvalue weighted by Crippen LogP contribution is 2.07. The van der Waals surface area contributed by atoms with Gasteiger partial charge in [0.1, 0.15) is 0 Å². The number of carboxylic acid groups (broad SMARTS) is 1. The van der Waals surface area contributed by atoms with E-state index in [-0.39, 0.29) is 12.5 Å². The summed E-state index contributed by atoms with van der Waals surface area (Å²) in [7, 11) is 1.64. The van der Waals surface area contributed by atoms with Gasteiger partial charge in [-0.15, -0.1) is 0 Å². The summed E-state index contributed by atoms with van der Waals surface area (Å²) in [6.45, 7) is 1.93. The van der Waals surface area contributed by atoms with Gasteiger partial charge in [0.15, 0.2) is 5.82 Å². The molecule has 0 saturated carbocycles. The maximum Gasteiger partial charge on any atom is 0.303 e. The van der Waals surface area contributed by atoms with Crippen molar-refractivity contribution >= 4 is 5.97 Å². The van der Waals surface area contributed by atoms with Gasteiger partial charge in [-0.1, -0.05) is 5.16 Å². The Balaban J connectivity index is 2.28. The summed E-state index contributed by atoms with van der Waals surface area (Å²) < 4.78 is 10.2. The number of rotatable bonds is 8. The molecule has 0 aliphatic carbocycles. The Kier molecular flexibility index (Phi) is 5.62. The average molecular weight is 242 g/mol. The lowest BCUT2D eigenvalue weighted by atomic mass is 10.2. The first kappa shape index (κ1) is 13.6. The molecule has 1 heterocycles. The van der Waals surface area contributed by atoms with E-state index in [1.165, 1.54) is 0 Å². The molecule has 6 heteroatoms. The van der Waals surface area contributed by atoms with Gasteiger partial charge in [0.2, 0.25) is 5.89 Å². The van der Waals surface area contributed by atoms with E-state index in [1.54, 1.807) is 7.11 Å². The topological polar surface area (TPSA) is 85.5 Å². The second kappa shape index (κ2) is 7.01. The first-order valence-electron chi connectivity index (χ1n) is 5.68. The summed E-state index contributed by atoms with van der Waals surface area (Å²) in [5, 5.41) is 12.3. The number of ether oxygens (including phenoxy) is 1. The highest BCUT2D eigenvalue weighted by atomic mass is 16.5. The Hall–Kier alpha value is -1.43. The molecule has 0 saturated heterocycles. The molecule has 0 amide bonds. The quantitative estimate of drug-likeness (QED) is 0.694. The van der Waals surface area contributed by atoms with E-state index in [1.807, 2.05) is 6.92 Å². The molecule has 6 nitrogen and oxygen atoms in total. The number of aryl methyl sites for hydroxylation is 1. The van der Waals surface area contributed by atoms with Gasteiger partial charge in [0.25, 0.3) is 0 Å². The summed E-state index contributed by atoms with van der Waals surface area (Å²) in [5.41, 5.74) is 0. The number of hydrogen-bond donors (Lipinski definition) is 1. The molecular formula is C11H18N2O4. The van der Waals surface area contributed by atoms with Crippen molar-refractivity contribution in [2.24, 2.45) is 0 Å². The van der Waals surface area contributed by atoms with Crippen molar-refractivity contribution in [1.29, 1.82) is 0 Å². The van der Waals surface area contributed by atoms with Gasteiger partial charge in [-0.2, -0.15) is 4.98 Å². The molecule has 0 spiro atoms. The van der Waals surface area contributed by atoms with Crippen LogP contribution in [0.1, 0.15) is 37.9 Å². The Morgan fingerprint density at radius 1 is 1.53 bits per heavy atom. The highest BCUT2D eigenvalue weighted by Gasteiger charge is 2.09. The van der Waals surface area contributed by atoms with E-state index in [0.717, 1.165) is 6.42 Å². The highest BCUT2D eigenvalue weighted by molar-refractivity contribution is 5.66. The van der Waals surface area contributed by atoms with Gasteiger partial charge in [-0.05, 0) is 19.8 Å². The van der Waals surface area contributed by atoms with Gasteiger partial charge < -0.3 is 14.4 Å². The van der Waals surface area contributed by atoms with Crippen molar-refractivity contribution in [2.45, 2.75) is 45.1 Å². The summed E-state index contributed by atoms with van der Waals surface area (Å²) in [5.74, 6) is 0.423. The molecule has 0 radical (unpaired) electrons. The van der Waals surface area contributed by atoms with Crippen LogP contribution >= 0.6 is 0 Å². The zero-order chi connectivity index (χ0) is 12.7. The minimum atomic E-state index is -0.773. The molecule has 1 N–H and O–H groups in total. The smallest absolute Gasteiger partial charge is 0.303 e. The maximum atomic E-state index is 10.3. The van der Waals surface area contributed by atoms with Crippen LogP contribution in [-0.4, -0.2) is 34.4 Å². The Bertz CT molecular complexity index is 351. The molecule has 96 valence electrons. The third-order valence-electron chi connectivity index (χ3n) is 2.41. The number of aromatic nitrogens is 2. The Morgan fingerprint density at radius 2 is 2.29 bits per heavy atom. The van der Waals surface area contributed by atoms with Crippen LogP contribution in [0.3, 0.4) is 0 Å². The maximum absolute atomic E-state index is 10.3. The second-order valence-electron chi connectivity index (χ2n) is 3.96. The SMILES string of the molecule is COC(C)Cc1noc(CCCCC(=O)O)n1. The average Bonchev–Trinajstić information content (AvgIpc) is 2.72. The lowest BCUT2D eigenvalue weighted by molar-refractivity contribution is -0.137. The first-order valence-corrected chi connectivity index (χ1v) is 5.68. The van der Waals surface area contributed by atoms with Crippen LogP contribution in [0.25, 0.3) is 0 Å². The van der Waals surface area contributed by atoms with Crippen molar-refractivity contribution < 1.29 is 19.2 Å². The first-order chi connectivity index (χ1) is 8.11. The van der Waals surface area contributed by atoms with Crippen LogP contribution in [0.4, 0.5) is 0 Å². The van der Waals surface area contributed by atoms with Gasteiger partial charge in [0, 0.05) is 26.4 Å². The van der Waals surface area contributed by atoms with Crippen molar-refractivity contribution in [3.63, 3.8) is 0 Å². The summed E-state index contributed by atoms with van der Waals surface area (Å²) in [6.07, 6.45) is 2.86. The van der Waals surface area contributed by atoms with Crippen LogP contribution < -0.4 is 0 Å². The molecule has 1 unspecified atom stereocenters. The fourth-order valence-corrected chi connectivity index (χ4v) is 1.37. The zero-order valence-corrected chi connectivity index (χ0v) is 10.2. The van der Waals surface area contributed by atoms with E-state index in [4.69, 9.17) is 14.4 Å². The van der Waals surface area contributed by atoms with Crippen molar-refractivity contribution in [2.75, 3.05) is 7.11 Å². The standard InChI is InChI=1S/C11H18N2O4/c1-8(16-2)7-9-12-10(17-13-9)5-3-4-6-11(14)15/h8H,3-7H2,1-2H3,(H,14,15). The van der Waals surface area contributed by atoms with Crippen LogP contribution in [0.2, 0.25) is 0 Å². The number of carbonyl (C=O) groups is 1. The predicted octanol–water partition coefficient (Wildman–Crippen LogP) is 1.44. The summed E-state index contributed by atoms with van der Waals surface area (Å²) in [6, 6.07) is 0. The Morgan fingerprint density at radius 3 is 2.94 bits per heavy atom. The van der Waals surface area contributed by atoms with E-state index >= 15 is 0 Å². The number of hydrogen-bond acceptors (Lipinski definition) is 5. The summed E-state index contributed by atoms with van der Waals surface area (Å²) >= 11 is 0. The molecule has 0 aromatic carbocycles. The predicted molar refractivity (Wildman–Crippen MR) is 59.7 cm³/mol. The number of methoxy groups -OCH3 is 1. The van der Waals surface area contributed by atoms with E-state index in [9.17, 15) is 4.79 Å². The third kappa shape index (κ3) is 5.44. The van der Waals surface area contributed by atoms with Crippen molar-refractivity contribution in [3.05, 3.63) is 11.7 Å². The molecule has 0 bridgehead atoms. The van der Waals surface area contributed by atoms with Crippen LogP contribution in [-0.2, 0) is 22.4 Å². The van der Waals surface area contributed by atoms with Crippen LogP contribution in [0.15, 0.2) is 4.52 Å². The molecule has 0 aliphatic rings. The molecule has 17 heavy (non-hydrogen) atoms. The lowest BCUT2D eigenvalue weighted by Gasteiger charge is -2.03. The van der Waals surface area contributed by atoms with E-state index in [0.29, 0.717) is 31.0 Å². The second-order valence-corrected chi connectivity index (χ2v) is 3.96. The van der Waals surface area contributed by atoms with Crippen molar-refractivity contribution in [3.8, 4) is 0 Å². The molecular weight excluding hydrogens is 224 g/mol. The minimum absolute atomic E-state index is 0.0625. The molecule has 0 aliphatic heterocycles. The molecule has 0 fully saturated rings. The minimum Gasteiger partial charge on any atom is -0.481 e. The van der Waals surface area contributed by atoms with E-state index < -0.39 is 5.97 Å². The third-order valence-corrected chi connectivity index (χ3v) is 2.41. The number of carboxylic acids is 1. The fourth-order valence-electron chi connectivity index (χ4n) is 1.37. The van der Waals surface area contributed by atoms with Gasteiger partial charge in [-0.25, -0.2) is 0 Å². The molecule has 1 aromatic heterocycles. The molecule has 1 atom stereocenters. The molecule has 1 rings (SSSR count). The van der Waals surface area contributed by atoms with Gasteiger partial charge >= 0.3 is 5.97 Å². The molecule has 1 aromatic rings. The number of aliphatic carboxylic acids is 1. The van der Waals surface area contributed by atoms with E-state index in [2.05, 4.69) is 10.1 Å². The Labute approximate surface area is 100.0 Å².